The second-order valence-electron chi connectivity index (χ2n) is 4.34. The highest BCUT2D eigenvalue weighted by Gasteiger charge is 2.16. The molecule has 0 aromatic carbocycles. The summed E-state index contributed by atoms with van der Waals surface area (Å²) in [5, 5.41) is 0. The number of hydrogen-bond donors (Lipinski definition) is 1. The zero-order valence-corrected chi connectivity index (χ0v) is 8.42. The first-order chi connectivity index (χ1) is 5.68. The lowest BCUT2D eigenvalue weighted by atomic mass is 9.96. The van der Waals surface area contributed by atoms with Crippen LogP contribution in [0.25, 0.3) is 0 Å². The first-order valence-electron chi connectivity index (χ1n) is 5.12. The van der Waals surface area contributed by atoms with Crippen LogP contribution < -0.4 is 5.73 Å². The lowest BCUT2D eigenvalue weighted by molar-refractivity contribution is 0.282. The van der Waals surface area contributed by atoms with Gasteiger partial charge < -0.3 is 10.6 Å². The molecule has 2 unspecified atom stereocenters. The van der Waals surface area contributed by atoms with Crippen molar-refractivity contribution >= 4 is 0 Å². The van der Waals surface area contributed by atoms with E-state index in [-0.39, 0.29) is 0 Å². The fourth-order valence-electron chi connectivity index (χ4n) is 2.16. The largest absolute Gasteiger partial charge is 0.328 e. The monoisotopic (exact) mass is 170 g/mol. The lowest BCUT2D eigenvalue weighted by Gasteiger charge is -2.21. The van der Waals surface area contributed by atoms with E-state index < -0.39 is 0 Å². The summed E-state index contributed by atoms with van der Waals surface area (Å²) in [5.74, 6) is 0.845. The molecule has 2 nitrogen and oxygen atoms in total. The van der Waals surface area contributed by atoms with Gasteiger partial charge in [0.2, 0.25) is 0 Å². The second-order valence-corrected chi connectivity index (χ2v) is 4.34. The van der Waals surface area contributed by atoms with Crippen LogP contribution in [0, 0.1) is 5.92 Å². The Labute approximate surface area is 76.1 Å². The SMILES string of the molecule is CC(N)CC1CCCCN(C)C1. The molecule has 1 fully saturated rings. The summed E-state index contributed by atoms with van der Waals surface area (Å²) in [7, 11) is 2.22. The van der Waals surface area contributed by atoms with Gasteiger partial charge in [-0.3, -0.25) is 0 Å². The average Bonchev–Trinajstić information content (AvgIpc) is 2.12. The first-order valence-corrected chi connectivity index (χ1v) is 5.12. The molecule has 0 aromatic rings. The number of rotatable bonds is 2. The van der Waals surface area contributed by atoms with Crippen molar-refractivity contribution in [2.75, 3.05) is 20.1 Å². The predicted octanol–water partition coefficient (Wildman–Crippen LogP) is 1.46. The number of nitrogens with two attached hydrogens (primary N) is 1. The van der Waals surface area contributed by atoms with Crippen LogP contribution in [-0.4, -0.2) is 31.1 Å². The molecule has 0 bridgehead atoms. The van der Waals surface area contributed by atoms with Gasteiger partial charge in [0.15, 0.2) is 0 Å². The summed E-state index contributed by atoms with van der Waals surface area (Å²) in [6.45, 7) is 4.64. The normalized spacial score (nSPS) is 29.8. The van der Waals surface area contributed by atoms with E-state index in [0.717, 1.165) is 5.92 Å². The molecule has 0 saturated carbocycles. The Balaban J connectivity index is 2.31. The fourth-order valence-corrected chi connectivity index (χ4v) is 2.16. The smallest absolute Gasteiger partial charge is 0.00135 e. The Morgan fingerprint density at radius 3 is 2.92 bits per heavy atom. The Morgan fingerprint density at radius 1 is 1.50 bits per heavy atom. The minimum Gasteiger partial charge on any atom is -0.328 e. The van der Waals surface area contributed by atoms with Crippen LogP contribution >= 0.6 is 0 Å². The maximum absolute atomic E-state index is 5.80. The first kappa shape index (κ1) is 10.0. The lowest BCUT2D eigenvalue weighted by Crippen LogP contribution is -2.28. The quantitative estimate of drug-likeness (QED) is 0.680. The van der Waals surface area contributed by atoms with E-state index >= 15 is 0 Å². The molecule has 2 N–H and O–H groups in total. The van der Waals surface area contributed by atoms with Crippen molar-refractivity contribution in [1.82, 2.24) is 4.90 Å². The summed E-state index contributed by atoms with van der Waals surface area (Å²) in [5.41, 5.74) is 5.80. The molecule has 12 heavy (non-hydrogen) atoms. The minimum absolute atomic E-state index is 0.376. The van der Waals surface area contributed by atoms with Gasteiger partial charge in [-0.2, -0.15) is 0 Å². The van der Waals surface area contributed by atoms with Crippen LogP contribution in [0.5, 0.6) is 0 Å². The predicted molar refractivity (Wildman–Crippen MR) is 53.1 cm³/mol. The zero-order valence-electron chi connectivity index (χ0n) is 8.42. The maximum atomic E-state index is 5.80. The Morgan fingerprint density at radius 2 is 2.25 bits per heavy atom. The molecule has 0 aliphatic carbocycles. The van der Waals surface area contributed by atoms with Crippen molar-refractivity contribution in [3.05, 3.63) is 0 Å². The van der Waals surface area contributed by atoms with Crippen LogP contribution in [0.3, 0.4) is 0 Å². The van der Waals surface area contributed by atoms with Crippen molar-refractivity contribution in [3.8, 4) is 0 Å². The van der Waals surface area contributed by atoms with Gasteiger partial charge in [0, 0.05) is 12.6 Å². The Hall–Kier alpha value is -0.0800. The molecule has 1 aliphatic rings. The molecule has 72 valence electrons. The molecule has 1 aliphatic heterocycles. The van der Waals surface area contributed by atoms with Crippen molar-refractivity contribution in [3.63, 3.8) is 0 Å². The van der Waals surface area contributed by atoms with E-state index in [9.17, 15) is 0 Å². The van der Waals surface area contributed by atoms with Gasteiger partial charge in [-0.1, -0.05) is 6.42 Å². The Kier molecular flexibility index (Phi) is 4.02. The summed E-state index contributed by atoms with van der Waals surface area (Å²) < 4.78 is 0. The van der Waals surface area contributed by atoms with Crippen LogP contribution in [-0.2, 0) is 0 Å². The van der Waals surface area contributed by atoms with E-state index in [2.05, 4.69) is 18.9 Å². The molecule has 1 saturated heterocycles. The third-order valence-corrected chi connectivity index (χ3v) is 2.68. The van der Waals surface area contributed by atoms with E-state index in [0.29, 0.717) is 6.04 Å². The molecular weight excluding hydrogens is 148 g/mol. The zero-order chi connectivity index (χ0) is 8.97. The molecule has 2 atom stereocenters. The van der Waals surface area contributed by atoms with Crippen molar-refractivity contribution in [2.45, 2.75) is 38.6 Å². The van der Waals surface area contributed by atoms with Crippen molar-refractivity contribution in [1.29, 1.82) is 0 Å². The highest BCUT2D eigenvalue weighted by atomic mass is 15.1. The van der Waals surface area contributed by atoms with Crippen LogP contribution in [0.4, 0.5) is 0 Å². The molecule has 2 heteroatoms. The Bertz CT molecular complexity index is 123. The van der Waals surface area contributed by atoms with E-state index in [4.69, 9.17) is 5.73 Å². The highest BCUT2D eigenvalue weighted by molar-refractivity contribution is 4.71. The standard InChI is InChI=1S/C10H22N2/c1-9(11)7-10-5-3-4-6-12(2)8-10/h9-10H,3-8,11H2,1-2H3. The summed E-state index contributed by atoms with van der Waals surface area (Å²) in [6.07, 6.45) is 5.34. The summed E-state index contributed by atoms with van der Waals surface area (Å²) in [6, 6.07) is 0.376. The molecule has 0 amide bonds. The van der Waals surface area contributed by atoms with Crippen LogP contribution in [0.2, 0.25) is 0 Å². The van der Waals surface area contributed by atoms with E-state index in [1.165, 1.54) is 38.8 Å². The van der Waals surface area contributed by atoms with E-state index in [1.807, 2.05) is 0 Å². The average molecular weight is 170 g/mol. The number of hydrogen-bond acceptors (Lipinski definition) is 2. The van der Waals surface area contributed by atoms with Gasteiger partial charge in [0.25, 0.3) is 0 Å². The second kappa shape index (κ2) is 4.83. The fraction of sp³-hybridized carbons (Fsp3) is 1.00. The molecule has 1 rings (SSSR count). The number of nitrogens with zero attached hydrogens (tertiary/aromatic N) is 1. The third-order valence-electron chi connectivity index (χ3n) is 2.68. The van der Waals surface area contributed by atoms with Crippen molar-refractivity contribution < 1.29 is 0 Å². The van der Waals surface area contributed by atoms with Gasteiger partial charge in [0.1, 0.15) is 0 Å². The molecule has 0 aromatic heterocycles. The van der Waals surface area contributed by atoms with Crippen LogP contribution in [0.15, 0.2) is 0 Å². The van der Waals surface area contributed by atoms with Gasteiger partial charge in [-0.05, 0) is 45.7 Å². The van der Waals surface area contributed by atoms with E-state index in [1.54, 1.807) is 0 Å². The van der Waals surface area contributed by atoms with Gasteiger partial charge >= 0.3 is 0 Å². The van der Waals surface area contributed by atoms with Gasteiger partial charge in [0.05, 0.1) is 0 Å². The maximum Gasteiger partial charge on any atom is 0.00135 e. The van der Waals surface area contributed by atoms with Crippen molar-refractivity contribution in [2.24, 2.45) is 11.7 Å². The molecule has 0 radical (unpaired) electrons. The van der Waals surface area contributed by atoms with Gasteiger partial charge in [-0.25, -0.2) is 0 Å². The molecular formula is C10H22N2. The van der Waals surface area contributed by atoms with Crippen LogP contribution in [0.1, 0.15) is 32.6 Å². The van der Waals surface area contributed by atoms with Gasteiger partial charge in [-0.15, -0.1) is 0 Å². The molecule has 0 spiro atoms. The minimum atomic E-state index is 0.376. The summed E-state index contributed by atoms with van der Waals surface area (Å²) in [4.78, 5) is 2.44. The third kappa shape index (κ3) is 3.55. The highest BCUT2D eigenvalue weighted by Crippen LogP contribution is 2.19. The summed E-state index contributed by atoms with van der Waals surface area (Å²) >= 11 is 0. The number of likely N-dealkylation sites (tertiary alicyclic amines) is 1. The topological polar surface area (TPSA) is 29.3 Å². The molecule has 1 heterocycles.